The van der Waals surface area contributed by atoms with Gasteiger partial charge in [0.05, 0.1) is 13.0 Å². The third-order valence-corrected chi connectivity index (χ3v) is 4.40. The number of hydrogen-bond acceptors (Lipinski definition) is 5. The molecule has 1 aliphatic rings. The van der Waals surface area contributed by atoms with Crippen molar-refractivity contribution in [3.8, 4) is 11.8 Å². The molecule has 0 bridgehead atoms. The van der Waals surface area contributed by atoms with Crippen LogP contribution < -0.4 is 0 Å². The van der Waals surface area contributed by atoms with E-state index in [-0.39, 0.29) is 6.42 Å². The molecule has 152 valence electrons. The fraction of sp³-hybridized carbons (Fsp3) is 0.545. The lowest BCUT2D eigenvalue weighted by atomic mass is 9.95. The smallest absolute Gasteiger partial charge is 0.342 e. The molecule has 0 amide bonds. The molecule has 28 heavy (non-hydrogen) atoms. The van der Waals surface area contributed by atoms with Crippen LogP contribution in [0.4, 0.5) is 0 Å². The standard InChI is InChI=1S/C22H28O6/c1-4-5-12-19-27-20(25)22(28-19,15-18(23)24)14-9-13-21(2,3)26-16-17-10-7-6-8-11-17/h6-8,10-11,19H,4-5,12,14-16H2,1-3H3,(H,23,24)/t19-,22?/m0/s1. The van der Waals surface area contributed by atoms with Crippen LogP contribution in [0.15, 0.2) is 30.3 Å². The van der Waals surface area contributed by atoms with Crippen molar-refractivity contribution in [2.45, 2.75) is 77.0 Å². The Balaban J connectivity index is 2.03. The Morgan fingerprint density at radius 2 is 2.04 bits per heavy atom. The van der Waals surface area contributed by atoms with E-state index in [0.29, 0.717) is 13.0 Å². The van der Waals surface area contributed by atoms with E-state index >= 15 is 0 Å². The van der Waals surface area contributed by atoms with Gasteiger partial charge >= 0.3 is 11.9 Å². The van der Waals surface area contributed by atoms with Crippen LogP contribution in [-0.2, 0) is 30.4 Å². The summed E-state index contributed by atoms with van der Waals surface area (Å²) in [6.45, 7) is 6.07. The molecular formula is C22H28O6. The van der Waals surface area contributed by atoms with Gasteiger partial charge in [0, 0.05) is 12.8 Å². The zero-order valence-corrected chi connectivity index (χ0v) is 16.7. The molecule has 0 saturated carbocycles. The number of cyclic esters (lactones) is 1. The molecule has 1 fully saturated rings. The Labute approximate surface area is 166 Å². The van der Waals surface area contributed by atoms with Crippen LogP contribution >= 0.6 is 0 Å². The Morgan fingerprint density at radius 1 is 1.32 bits per heavy atom. The maximum absolute atomic E-state index is 12.4. The molecule has 1 aromatic carbocycles. The first-order chi connectivity index (χ1) is 13.3. The average molecular weight is 388 g/mol. The first kappa shape index (κ1) is 21.9. The number of benzene rings is 1. The van der Waals surface area contributed by atoms with E-state index < -0.39 is 35.9 Å². The molecule has 6 heteroatoms. The van der Waals surface area contributed by atoms with Crippen LogP contribution in [-0.4, -0.2) is 34.5 Å². The van der Waals surface area contributed by atoms with Gasteiger partial charge in [0.1, 0.15) is 5.60 Å². The number of carbonyl (C=O) groups excluding carboxylic acids is 1. The third kappa shape index (κ3) is 6.36. The van der Waals surface area contributed by atoms with Crippen molar-refractivity contribution in [1.82, 2.24) is 0 Å². The van der Waals surface area contributed by atoms with Gasteiger partial charge in [-0.2, -0.15) is 0 Å². The van der Waals surface area contributed by atoms with Crippen LogP contribution in [0.2, 0.25) is 0 Å². The van der Waals surface area contributed by atoms with Gasteiger partial charge in [-0.25, -0.2) is 4.79 Å². The fourth-order valence-electron chi connectivity index (χ4n) is 2.85. The van der Waals surface area contributed by atoms with Crippen LogP contribution in [0, 0.1) is 11.8 Å². The second-order valence-corrected chi connectivity index (χ2v) is 7.42. The number of esters is 1. The van der Waals surface area contributed by atoms with Gasteiger partial charge < -0.3 is 19.3 Å². The van der Waals surface area contributed by atoms with Gasteiger partial charge in [-0.3, -0.25) is 4.79 Å². The molecule has 0 spiro atoms. The second-order valence-electron chi connectivity index (χ2n) is 7.42. The van der Waals surface area contributed by atoms with Crippen LogP contribution in [0.25, 0.3) is 0 Å². The monoisotopic (exact) mass is 388 g/mol. The lowest BCUT2D eigenvalue weighted by Crippen LogP contribution is -2.39. The van der Waals surface area contributed by atoms with Crippen molar-refractivity contribution in [3.05, 3.63) is 35.9 Å². The Kier molecular flexibility index (Phi) is 7.61. The summed E-state index contributed by atoms with van der Waals surface area (Å²) >= 11 is 0. The molecule has 0 aliphatic carbocycles. The zero-order chi connectivity index (χ0) is 20.6. The van der Waals surface area contributed by atoms with Crippen LogP contribution in [0.1, 0.15) is 58.4 Å². The Bertz CT molecular complexity index is 730. The predicted molar refractivity (Wildman–Crippen MR) is 103 cm³/mol. The van der Waals surface area contributed by atoms with E-state index in [4.69, 9.17) is 14.2 Å². The molecule has 0 radical (unpaired) electrons. The number of ether oxygens (including phenoxy) is 3. The highest BCUT2D eigenvalue weighted by atomic mass is 16.8. The fourth-order valence-corrected chi connectivity index (χ4v) is 2.85. The maximum Gasteiger partial charge on any atom is 0.342 e. The predicted octanol–water partition coefficient (Wildman–Crippen LogP) is 3.68. The largest absolute Gasteiger partial charge is 0.481 e. The highest BCUT2D eigenvalue weighted by molar-refractivity contribution is 5.87. The van der Waals surface area contributed by atoms with Gasteiger partial charge in [0.25, 0.3) is 0 Å². The van der Waals surface area contributed by atoms with Crippen molar-refractivity contribution < 1.29 is 28.9 Å². The number of unbranched alkanes of at least 4 members (excludes halogenated alkanes) is 1. The van der Waals surface area contributed by atoms with E-state index in [1.54, 1.807) is 0 Å². The summed E-state index contributed by atoms with van der Waals surface area (Å²) in [4.78, 5) is 23.6. The number of rotatable bonds is 9. The number of carboxylic acid groups (broad SMARTS) is 1. The van der Waals surface area contributed by atoms with E-state index in [1.165, 1.54) is 0 Å². The SMILES string of the molecule is CCCC[C@H]1OC(=O)C(CC#CC(C)(C)OCc2ccccc2)(CC(=O)O)O1. The summed E-state index contributed by atoms with van der Waals surface area (Å²) in [6.07, 6.45) is 1.05. The summed E-state index contributed by atoms with van der Waals surface area (Å²) in [5, 5.41) is 9.23. The normalized spacial score (nSPS) is 21.7. The highest BCUT2D eigenvalue weighted by Crippen LogP contribution is 2.33. The van der Waals surface area contributed by atoms with Crippen LogP contribution in [0.5, 0.6) is 0 Å². The minimum atomic E-state index is -1.56. The molecule has 1 heterocycles. The summed E-state index contributed by atoms with van der Waals surface area (Å²) in [7, 11) is 0. The molecule has 1 N–H and O–H groups in total. The van der Waals surface area contributed by atoms with E-state index in [0.717, 1.165) is 18.4 Å². The van der Waals surface area contributed by atoms with Gasteiger partial charge in [-0.05, 0) is 25.8 Å². The van der Waals surface area contributed by atoms with Crippen molar-refractivity contribution in [2.75, 3.05) is 0 Å². The van der Waals surface area contributed by atoms with Gasteiger partial charge in [-0.15, -0.1) is 0 Å². The average Bonchev–Trinajstić information content (AvgIpc) is 2.94. The molecule has 2 atom stereocenters. The molecule has 1 saturated heterocycles. The minimum absolute atomic E-state index is 0.0567. The Morgan fingerprint density at radius 3 is 2.68 bits per heavy atom. The van der Waals surface area contributed by atoms with Gasteiger partial charge in [0.2, 0.25) is 6.29 Å². The zero-order valence-electron chi connectivity index (χ0n) is 16.7. The number of aliphatic carboxylic acids is 1. The lowest BCUT2D eigenvalue weighted by molar-refractivity contribution is -0.152. The van der Waals surface area contributed by atoms with Crippen molar-refractivity contribution in [3.63, 3.8) is 0 Å². The van der Waals surface area contributed by atoms with E-state index in [1.807, 2.05) is 51.1 Å². The molecule has 1 unspecified atom stereocenters. The number of carboxylic acids is 1. The van der Waals surface area contributed by atoms with Crippen molar-refractivity contribution in [1.29, 1.82) is 0 Å². The van der Waals surface area contributed by atoms with E-state index in [2.05, 4.69) is 11.8 Å². The molecular weight excluding hydrogens is 360 g/mol. The number of carbonyl (C=O) groups is 2. The summed E-state index contributed by atoms with van der Waals surface area (Å²) < 4.78 is 16.8. The van der Waals surface area contributed by atoms with Crippen molar-refractivity contribution in [2.24, 2.45) is 0 Å². The molecule has 1 aromatic rings. The second kappa shape index (κ2) is 9.72. The highest BCUT2D eigenvalue weighted by Gasteiger charge is 2.51. The Hall–Kier alpha value is -2.36. The minimum Gasteiger partial charge on any atom is -0.481 e. The third-order valence-electron chi connectivity index (χ3n) is 4.40. The van der Waals surface area contributed by atoms with Crippen molar-refractivity contribution >= 4 is 11.9 Å². The molecule has 1 aliphatic heterocycles. The van der Waals surface area contributed by atoms with Gasteiger partial charge in [0.15, 0.2) is 5.60 Å². The molecule has 6 nitrogen and oxygen atoms in total. The maximum atomic E-state index is 12.4. The lowest BCUT2D eigenvalue weighted by Gasteiger charge is -2.21. The summed E-state index contributed by atoms with van der Waals surface area (Å²) in [6, 6.07) is 9.73. The summed E-state index contributed by atoms with van der Waals surface area (Å²) in [5.41, 5.74) is -1.29. The topological polar surface area (TPSA) is 82.1 Å². The number of hydrogen-bond donors (Lipinski definition) is 1. The van der Waals surface area contributed by atoms with Gasteiger partial charge in [-0.1, -0.05) is 55.5 Å². The van der Waals surface area contributed by atoms with E-state index in [9.17, 15) is 14.7 Å². The summed E-state index contributed by atoms with van der Waals surface area (Å²) in [5.74, 6) is 4.08. The first-order valence-corrected chi connectivity index (χ1v) is 9.55. The first-order valence-electron chi connectivity index (χ1n) is 9.55. The molecule has 2 rings (SSSR count). The van der Waals surface area contributed by atoms with Crippen LogP contribution in [0.3, 0.4) is 0 Å². The molecule has 0 aromatic heterocycles. The quantitative estimate of drug-likeness (QED) is 0.513.